The summed E-state index contributed by atoms with van der Waals surface area (Å²) in [5, 5.41) is 4.19. The van der Waals surface area contributed by atoms with Crippen molar-refractivity contribution in [2.75, 3.05) is 5.73 Å². The number of nitrogen functional groups attached to an aromatic ring is 1. The van der Waals surface area contributed by atoms with Crippen LogP contribution in [-0.2, 0) is 6.54 Å². The van der Waals surface area contributed by atoms with E-state index in [1.807, 2.05) is 10.9 Å². The van der Waals surface area contributed by atoms with Gasteiger partial charge in [0.1, 0.15) is 0 Å². The van der Waals surface area contributed by atoms with Crippen LogP contribution in [0.5, 0.6) is 0 Å². The lowest BCUT2D eigenvalue weighted by Gasteiger charge is -2.01. The number of aromatic nitrogens is 2. The summed E-state index contributed by atoms with van der Waals surface area (Å²) in [6.07, 6.45) is 9.80. The first-order valence-corrected chi connectivity index (χ1v) is 6.51. The van der Waals surface area contributed by atoms with Crippen LogP contribution in [-0.4, -0.2) is 9.78 Å². The predicted octanol–water partition coefficient (Wildman–Crippen LogP) is 3.59. The summed E-state index contributed by atoms with van der Waals surface area (Å²) < 4.78 is 2.81. The van der Waals surface area contributed by atoms with Gasteiger partial charge in [0.2, 0.25) is 0 Å². The highest BCUT2D eigenvalue weighted by atomic mass is 79.9. The SMILES string of the molecule is CCCCCCCCn1cc(Br)c(N)n1. The molecule has 0 aliphatic rings. The molecular formula is C11H20BrN3. The fourth-order valence-electron chi connectivity index (χ4n) is 1.58. The molecule has 3 nitrogen and oxygen atoms in total. The second-order valence-corrected chi connectivity index (χ2v) is 4.75. The second-order valence-electron chi connectivity index (χ2n) is 3.89. The van der Waals surface area contributed by atoms with Gasteiger partial charge in [0.15, 0.2) is 5.82 Å². The van der Waals surface area contributed by atoms with Crippen molar-refractivity contribution in [3.8, 4) is 0 Å². The third kappa shape index (κ3) is 4.69. The van der Waals surface area contributed by atoms with E-state index >= 15 is 0 Å². The summed E-state index contributed by atoms with van der Waals surface area (Å²) in [6.45, 7) is 3.21. The first-order chi connectivity index (χ1) is 7.24. The van der Waals surface area contributed by atoms with Gasteiger partial charge in [-0.2, -0.15) is 5.10 Å². The van der Waals surface area contributed by atoms with E-state index in [0.717, 1.165) is 11.0 Å². The normalized spacial score (nSPS) is 10.8. The van der Waals surface area contributed by atoms with Crippen molar-refractivity contribution in [3.05, 3.63) is 10.7 Å². The van der Waals surface area contributed by atoms with Crippen molar-refractivity contribution >= 4 is 21.7 Å². The number of rotatable bonds is 7. The minimum Gasteiger partial charge on any atom is -0.381 e. The van der Waals surface area contributed by atoms with Gasteiger partial charge in [-0.15, -0.1) is 0 Å². The van der Waals surface area contributed by atoms with Gasteiger partial charge in [-0.25, -0.2) is 0 Å². The Bertz CT molecular complexity index is 264. The average Bonchev–Trinajstić information content (AvgIpc) is 2.52. The summed E-state index contributed by atoms with van der Waals surface area (Å²) in [4.78, 5) is 0. The van der Waals surface area contributed by atoms with E-state index in [2.05, 4.69) is 28.0 Å². The third-order valence-electron chi connectivity index (χ3n) is 2.48. The molecule has 1 aromatic heterocycles. The van der Waals surface area contributed by atoms with Crippen molar-refractivity contribution in [2.24, 2.45) is 0 Å². The van der Waals surface area contributed by atoms with Crippen LogP contribution in [0.4, 0.5) is 5.82 Å². The molecule has 4 heteroatoms. The summed E-state index contributed by atoms with van der Waals surface area (Å²) in [7, 11) is 0. The molecule has 86 valence electrons. The zero-order chi connectivity index (χ0) is 11.1. The van der Waals surface area contributed by atoms with E-state index in [4.69, 9.17) is 5.73 Å². The highest BCUT2D eigenvalue weighted by molar-refractivity contribution is 9.10. The number of hydrogen-bond acceptors (Lipinski definition) is 2. The van der Waals surface area contributed by atoms with E-state index in [-0.39, 0.29) is 0 Å². The van der Waals surface area contributed by atoms with Gasteiger partial charge in [0.05, 0.1) is 4.47 Å². The molecule has 0 spiro atoms. The van der Waals surface area contributed by atoms with E-state index in [9.17, 15) is 0 Å². The maximum atomic E-state index is 5.63. The molecule has 0 fully saturated rings. The Hall–Kier alpha value is -0.510. The minimum atomic E-state index is 0.584. The number of anilines is 1. The molecular weight excluding hydrogens is 254 g/mol. The van der Waals surface area contributed by atoms with Crippen molar-refractivity contribution < 1.29 is 0 Å². The number of unbranched alkanes of at least 4 members (excludes halogenated alkanes) is 5. The Morgan fingerprint density at radius 1 is 1.27 bits per heavy atom. The van der Waals surface area contributed by atoms with Crippen LogP contribution in [0.3, 0.4) is 0 Å². The smallest absolute Gasteiger partial charge is 0.159 e. The van der Waals surface area contributed by atoms with Crippen LogP contribution >= 0.6 is 15.9 Å². The molecule has 0 amide bonds. The molecule has 1 aromatic rings. The largest absolute Gasteiger partial charge is 0.381 e. The molecule has 15 heavy (non-hydrogen) atoms. The third-order valence-corrected chi connectivity index (χ3v) is 3.09. The van der Waals surface area contributed by atoms with Gasteiger partial charge in [-0.05, 0) is 22.4 Å². The Morgan fingerprint density at radius 2 is 1.93 bits per heavy atom. The number of hydrogen-bond donors (Lipinski definition) is 1. The minimum absolute atomic E-state index is 0.584. The van der Waals surface area contributed by atoms with Crippen molar-refractivity contribution in [3.63, 3.8) is 0 Å². The maximum absolute atomic E-state index is 5.63. The lowest BCUT2D eigenvalue weighted by Crippen LogP contribution is -1.99. The Balaban J connectivity index is 2.10. The summed E-state index contributed by atoms with van der Waals surface area (Å²) >= 11 is 3.35. The predicted molar refractivity (Wildman–Crippen MR) is 67.7 cm³/mol. The molecule has 0 saturated heterocycles. The van der Waals surface area contributed by atoms with Crippen molar-refractivity contribution in [1.82, 2.24) is 9.78 Å². The number of halogens is 1. The molecule has 1 rings (SSSR count). The van der Waals surface area contributed by atoms with Gasteiger partial charge in [0.25, 0.3) is 0 Å². The van der Waals surface area contributed by atoms with Crippen LogP contribution < -0.4 is 5.73 Å². The molecule has 1 heterocycles. The first kappa shape index (κ1) is 12.6. The fraction of sp³-hybridized carbons (Fsp3) is 0.727. The number of nitrogens with two attached hydrogens (primary N) is 1. The van der Waals surface area contributed by atoms with E-state index in [0.29, 0.717) is 5.82 Å². The van der Waals surface area contributed by atoms with Gasteiger partial charge in [0, 0.05) is 12.7 Å². The maximum Gasteiger partial charge on any atom is 0.159 e. The van der Waals surface area contributed by atoms with Gasteiger partial charge in [-0.1, -0.05) is 39.0 Å². The molecule has 0 saturated carbocycles. The lowest BCUT2D eigenvalue weighted by atomic mass is 10.1. The monoisotopic (exact) mass is 273 g/mol. The van der Waals surface area contributed by atoms with Crippen LogP contribution in [0.25, 0.3) is 0 Å². The molecule has 0 unspecified atom stereocenters. The second kappa shape index (κ2) is 6.88. The van der Waals surface area contributed by atoms with Crippen LogP contribution in [0.1, 0.15) is 45.4 Å². The first-order valence-electron chi connectivity index (χ1n) is 5.72. The van der Waals surface area contributed by atoms with Gasteiger partial charge >= 0.3 is 0 Å². The summed E-state index contributed by atoms with van der Waals surface area (Å²) in [6, 6.07) is 0. The molecule has 0 bridgehead atoms. The lowest BCUT2D eigenvalue weighted by molar-refractivity contribution is 0.528. The average molecular weight is 274 g/mol. The highest BCUT2D eigenvalue weighted by Crippen LogP contribution is 2.16. The topological polar surface area (TPSA) is 43.8 Å². The Labute approximate surface area is 100 Å². The summed E-state index contributed by atoms with van der Waals surface area (Å²) in [5.74, 6) is 0.584. The highest BCUT2D eigenvalue weighted by Gasteiger charge is 2.01. The molecule has 0 aliphatic carbocycles. The van der Waals surface area contributed by atoms with Gasteiger partial charge in [-0.3, -0.25) is 4.68 Å². The van der Waals surface area contributed by atoms with Gasteiger partial charge < -0.3 is 5.73 Å². The van der Waals surface area contributed by atoms with E-state index in [1.165, 1.54) is 38.5 Å². The molecule has 0 radical (unpaired) electrons. The van der Waals surface area contributed by atoms with Crippen molar-refractivity contribution in [2.45, 2.75) is 52.0 Å². The number of aryl methyl sites for hydroxylation is 1. The van der Waals surface area contributed by atoms with Crippen LogP contribution in [0, 0.1) is 0 Å². The zero-order valence-corrected chi connectivity index (χ0v) is 11.0. The Morgan fingerprint density at radius 3 is 2.53 bits per heavy atom. The quantitative estimate of drug-likeness (QED) is 0.772. The van der Waals surface area contributed by atoms with Crippen LogP contribution in [0.15, 0.2) is 10.7 Å². The standard InChI is InChI=1S/C11H20BrN3/c1-2-3-4-5-6-7-8-15-9-10(12)11(13)14-15/h9H,2-8H2,1H3,(H2,13,14). The zero-order valence-electron chi connectivity index (χ0n) is 9.38. The van der Waals surface area contributed by atoms with E-state index < -0.39 is 0 Å². The molecule has 0 aliphatic heterocycles. The Kier molecular flexibility index (Phi) is 5.76. The fourth-order valence-corrected chi connectivity index (χ4v) is 1.90. The molecule has 0 aromatic carbocycles. The molecule has 2 N–H and O–H groups in total. The van der Waals surface area contributed by atoms with E-state index in [1.54, 1.807) is 0 Å². The van der Waals surface area contributed by atoms with Crippen LogP contribution in [0.2, 0.25) is 0 Å². The van der Waals surface area contributed by atoms with Crippen molar-refractivity contribution in [1.29, 1.82) is 0 Å². The number of nitrogens with zero attached hydrogens (tertiary/aromatic N) is 2. The molecule has 0 atom stereocenters. The summed E-state index contributed by atoms with van der Waals surface area (Å²) in [5.41, 5.74) is 5.63.